The number of nitrogens with zero attached hydrogens (tertiary/aromatic N) is 2. The number of amides is 2. The smallest absolute Gasteiger partial charge is 0.319 e. The van der Waals surface area contributed by atoms with Crippen LogP contribution in [0.4, 0.5) is 10.5 Å². The van der Waals surface area contributed by atoms with Crippen LogP contribution < -0.4 is 10.6 Å². The highest BCUT2D eigenvalue weighted by Gasteiger charge is 2.08. The maximum absolute atomic E-state index is 12.1. The Balaban J connectivity index is 1.45. The van der Waals surface area contributed by atoms with Gasteiger partial charge in [0.2, 0.25) is 0 Å². The van der Waals surface area contributed by atoms with Crippen molar-refractivity contribution in [2.45, 2.75) is 32.7 Å². The van der Waals surface area contributed by atoms with Crippen LogP contribution in [0.1, 0.15) is 18.2 Å². The van der Waals surface area contributed by atoms with E-state index in [1.165, 1.54) is 0 Å². The minimum Gasteiger partial charge on any atom is -0.467 e. The normalized spacial score (nSPS) is 11.9. The highest BCUT2D eigenvalue weighted by atomic mass is 16.5. The highest BCUT2D eigenvalue weighted by Crippen LogP contribution is 2.13. The van der Waals surface area contributed by atoms with Crippen LogP contribution in [0, 0.1) is 0 Å². The molecule has 26 heavy (non-hydrogen) atoms. The standard InChI is InChI=1S/C19H22N4O3/c1-15(12-23-9-4-8-20-23)21-19(24)22-17-6-2-5-16(11-17)13-25-14-18-7-3-10-26-18/h2-11,15H,12-14H2,1H3,(H2,21,22,24)/t15-/m1/s1. The monoisotopic (exact) mass is 354 g/mol. The molecular weight excluding hydrogens is 332 g/mol. The number of furan rings is 1. The van der Waals surface area contributed by atoms with E-state index in [0.717, 1.165) is 11.3 Å². The molecule has 0 saturated heterocycles. The van der Waals surface area contributed by atoms with E-state index in [1.54, 1.807) is 17.1 Å². The topological polar surface area (TPSA) is 81.3 Å². The lowest BCUT2D eigenvalue weighted by Gasteiger charge is -2.15. The minimum atomic E-state index is -0.252. The van der Waals surface area contributed by atoms with Gasteiger partial charge in [-0.25, -0.2) is 4.79 Å². The summed E-state index contributed by atoms with van der Waals surface area (Å²) in [5.41, 5.74) is 1.69. The molecule has 0 bridgehead atoms. The number of aromatic nitrogens is 2. The number of hydrogen-bond donors (Lipinski definition) is 2. The fourth-order valence-electron chi connectivity index (χ4n) is 2.53. The fourth-order valence-corrected chi connectivity index (χ4v) is 2.53. The first-order valence-electron chi connectivity index (χ1n) is 8.43. The van der Waals surface area contributed by atoms with Gasteiger partial charge in [-0.3, -0.25) is 4.68 Å². The van der Waals surface area contributed by atoms with Crippen LogP contribution in [0.2, 0.25) is 0 Å². The number of rotatable bonds is 8. The third kappa shape index (κ3) is 5.49. The van der Waals surface area contributed by atoms with Gasteiger partial charge in [0.25, 0.3) is 0 Å². The molecule has 0 aliphatic rings. The summed E-state index contributed by atoms with van der Waals surface area (Å²) in [4.78, 5) is 12.1. The molecule has 0 radical (unpaired) electrons. The summed E-state index contributed by atoms with van der Waals surface area (Å²) >= 11 is 0. The van der Waals surface area contributed by atoms with Crippen LogP contribution in [-0.2, 0) is 24.5 Å². The van der Waals surface area contributed by atoms with Gasteiger partial charge >= 0.3 is 6.03 Å². The number of nitrogens with one attached hydrogen (secondary N) is 2. The molecule has 0 saturated carbocycles. The number of carbonyl (C=O) groups is 1. The summed E-state index contributed by atoms with van der Waals surface area (Å²) in [6, 6.07) is 12.8. The van der Waals surface area contributed by atoms with E-state index in [1.807, 2.05) is 55.6 Å². The summed E-state index contributed by atoms with van der Waals surface area (Å²) in [6.45, 7) is 3.39. The Labute approximate surface area is 152 Å². The summed E-state index contributed by atoms with van der Waals surface area (Å²) in [7, 11) is 0. The Morgan fingerprint density at radius 2 is 2.19 bits per heavy atom. The molecule has 0 fully saturated rings. The lowest BCUT2D eigenvalue weighted by atomic mass is 10.2. The fraction of sp³-hybridized carbons (Fsp3) is 0.263. The molecule has 7 nitrogen and oxygen atoms in total. The summed E-state index contributed by atoms with van der Waals surface area (Å²) in [5.74, 6) is 0.782. The Hall–Kier alpha value is -3.06. The van der Waals surface area contributed by atoms with Crippen LogP contribution in [-0.4, -0.2) is 21.9 Å². The van der Waals surface area contributed by atoms with Crippen LogP contribution in [0.5, 0.6) is 0 Å². The van der Waals surface area contributed by atoms with Gasteiger partial charge in [0.15, 0.2) is 0 Å². The third-order valence-corrected chi connectivity index (χ3v) is 3.68. The molecular formula is C19H22N4O3. The van der Waals surface area contributed by atoms with E-state index in [9.17, 15) is 4.79 Å². The molecule has 0 aliphatic carbocycles. The Morgan fingerprint density at radius 1 is 1.27 bits per heavy atom. The van der Waals surface area contributed by atoms with Gasteiger partial charge in [-0.05, 0) is 42.8 Å². The van der Waals surface area contributed by atoms with E-state index >= 15 is 0 Å². The van der Waals surface area contributed by atoms with E-state index < -0.39 is 0 Å². The van der Waals surface area contributed by atoms with Gasteiger partial charge in [-0.1, -0.05) is 12.1 Å². The molecule has 2 N–H and O–H groups in total. The van der Waals surface area contributed by atoms with Crippen molar-refractivity contribution in [3.8, 4) is 0 Å². The SMILES string of the molecule is C[C@H](Cn1cccn1)NC(=O)Nc1cccc(COCc2ccco2)c1. The van der Waals surface area contributed by atoms with E-state index in [4.69, 9.17) is 9.15 Å². The molecule has 2 heterocycles. The first-order valence-corrected chi connectivity index (χ1v) is 8.43. The van der Waals surface area contributed by atoms with E-state index in [0.29, 0.717) is 25.4 Å². The van der Waals surface area contributed by atoms with E-state index in [2.05, 4.69) is 15.7 Å². The minimum absolute atomic E-state index is 0.0466. The Morgan fingerprint density at radius 3 is 2.96 bits per heavy atom. The van der Waals surface area contributed by atoms with Crippen LogP contribution in [0.15, 0.2) is 65.5 Å². The molecule has 7 heteroatoms. The zero-order valence-corrected chi connectivity index (χ0v) is 14.6. The zero-order valence-electron chi connectivity index (χ0n) is 14.6. The quantitative estimate of drug-likeness (QED) is 0.650. The van der Waals surface area contributed by atoms with Crippen LogP contribution in [0.25, 0.3) is 0 Å². The average Bonchev–Trinajstić information content (AvgIpc) is 3.29. The van der Waals surface area contributed by atoms with Crippen molar-refractivity contribution in [1.82, 2.24) is 15.1 Å². The second-order valence-corrected chi connectivity index (χ2v) is 6.00. The second-order valence-electron chi connectivity index (χ2n) is 6.00. The number of carbonyl (C=O) groups excluding carboxylic acids is 1. The van der Waals surface area contributed by atoms with Gasteiger partial charge in [0.05, 0.1) is 19.4 Å². The van der Waals surface area contributed by atoms with Crippen molar-refractivity contribution < 1.29 is 13.9 Å². The molecule has 3 aromatic rings. The van der Waals surface area contributed by atoms with Gasteiger partial charge in [0.1, 0.15) is 12.4 Å². The predicted molar refractivity (Wildman–Crippen MR) is 97.5 cm³/mol. The Bertz CT molecular complexity index is 800. The third-order valence-electron chi connectivity index (χ3n) is 3.68. The number of urea groups is 1. The Kier molecular flexibility index (Phi) is 6.05. The maximum atomic E-state index is 12.1. The lowest BCUT2D eigenvalue weighted by molar-refractivity contribution is 0.0930. The summed E-state index contributed by atoms with van der Waals surface area (Å²) in [5, 5.41) is 9.87. The maximum Gasteiger partial charge on any atom is 0.319 e. The first kappa shape index (κ1) is 17.8. The number of hydrogen-bond acceptors (Lipinski definition) is 4. The molecule has 1 aromatic carbocycles. The average molecular weight is 354 g/mol. The lowest BCUT2D eigenvalue weighted by Crippen LogP contribution is -2.38. The molecule has 0 spiro atoms. The van der Waals surface area contributed by atoms with Gasteiger partial charge in [0, 0.05) is 24.1 Å². The van der Waals surface area contributed by atoms with Crippen molar-refractivity contribution in [3.63, 3.8) is 0 Å². The van der Waals surface area contributed by atoms with Crippen molar-refractivity contribution in [2.75, 3.05) is 5.32 Å². The number of benzene rings is 1. The predicted octanol–water partition coefficient (Wildman–Crippen LogP) is 3.40. The van der Waals surface area contributed by atoms with Gasteiger partial charge in [-0.15, -0.1) is 0 Å². The second kappa shape index (κ2) is 8.87. The molecule has 3 rings (SSSR count). The first-order chi connectivity index (χ1) is 12.7. The van der Waals surface area contributed by atoms with Crippen molar-refractivity contribution in [3.05, 3.63) is 72.4 Å². The van der Waals surface area contributed by atoms with E-state index in [-0.39, 0.29) is 12.1 Å². The summed E-state index contributed by atoms with van der Waals surface area (Å²) < 4.78 is 12.6. The number of ether oxygens (including phenoxy) is 1. The van der Waals surface area contributed by atoms with Crippen molar-refractivity contribution >= 4 is 11.7 Å². The molecule has 136 valence electrons. The highest BCUT2D eigenvalue weighted by molar-refractivity contribution is 5.89. The van der Waals surface area contributed by atoms with Crippen LogP contribution in [0.3, 0.4) is 0 Å². The van der Waals surface area contributed by atoms with Crippen molar-refractivity contribution in [1.29, 1.82) is 0 Å². The van der Waals surface area contributed by atoms with Crippen LogP contribution >= 0.6 is 0 Å². The van der Waals surface area contributed by atoms with Gasteiger partial charge in [-0.2, -0.15) is 5.10 Å². The largest absolute Gasteiger partial charge is 0.467 e. The van der Waals surface area contributed by atoms with Crippen molar-refractivity contribution in [2.24, 2.45) is 0 Å². The zero-order chi connectivity index (χ0) is 18.2. The molecule has 0 aliphatic heterocycles. The molecule has 2 amide bonds. The molecule has 2 aromatic heterocycles. The summed E-state index contributed by atoms with van der Waals surface area (Å²) in [6.07, 6.45) is 5.20. The number of anilines is 1. The van der Waals surface area contributed by atoms with Gasteiger partial charge < -0.3 is 19.8 Å². The molecule has 0 unspecified atom stereocenters. The molecule has 1 atom stereocenters.